The Bertz CT molecular complexity index is 621. The lowest BCUT2D eigenvalue weighted by atomic mass is 10.1. The molecule has 0 heterocycles. The van der Waals surface area contributed by atoms with Crippen molar-refractivity contribution in [3.8, 4) is 11.1 Å². The minimum Gasteiger partial charge on any atom is -0.345 e. The molecule has 0 aliphatic carbocycles. The molecule has 108 valence electrons. The van der Waals surface area contributed by atoms with E-state index in [0.29, 0.717) is 5.69 Å². The van der Waals surface area contributed by atoms with Crippen LogP contribution >= 0.6 is 0 Å². The van der Waals surface area contributed by atoms with Gasteiger partial charge in [-0.1, -0.05) is 42.5 Å². The van der Waals surface area contributed by atoms with E-state index in [-0.39, 0.29) is 11.8 Å². The molecule has 0 aliphatic rings. The molecular formula is C17H18N2O2. The lowest BCUT2D eigenvalue weighted by Gasteiger charge is -2.13. The van der Waals surface area contributed by atoms with Gasteiger partial charge in [0.25, 0.3) is 0 Å². The van der Waals surface area contributed by atoms with Crippen molar-refractivity contribution in [2.75, 3.05) is 5.32 Å². The number of amides is 2. The van der Waals surface area contributed by atoms with E-state index in [0.717, 1.165) is 11.1 Å². The summed E-state index contributed by atoms with van der Waals surface area (Å²) >= 11 is 0. The van der Waals surface area contributed by atoms with E-state index in [1.807, 2.05) is 54.6 Å². The van der Waals surface area contributed by atoms with E-state index in [4.69, 9.17) is 0 Å². The second-order valence-electron chi connectivity index (χ2n) is 4.85. The molecule has 21 heavy (non-hydrogen) atoms. The third-order valence-corrected chi connectivity index (χ3v) is 3.07. The Labute approximate surface area is 124 Å². The summed E-state index contributed by atoms with van der Waals surface area (Å²) in [5.41, 5.74) is 2.92. The van der Waals surface area contributed by atoms with Gasteiger partial charge in [0.15, 0.2) is 0 Å². The van der Waals surface area contributed by atoms with Crippen LogP contribution in [-0.2, 0) is 9.59 Å². The molecule has 0 saturated heterocycles. The molecule has 0 bridgehead atoms. The van der Waals surface area contributed by atoms with Gasteiger partial charge in [0.1, 0.15) is 6.04 Å². The Morgan fingerprint density at radius 2 is 1.48 bits per heavy atom. The highest BCUT2D eigenvalue weighted by atomic mass is 16.2. The van der Waals surface area contributed by atoms with Crippen LogP contribution in [0.1, 0.15) is 13.8 Å². The average molecular weight is 282 g/mol. The Balaban J connectivity index is 2.03. The molecule has 2 amide bonds. The first-order valence-electron chi connectivity index (χ1n) is 6.79. The normalized spacial score (nSPS) is 11.5. The molecule has 0 aliphatic heterocycles. The van der Waals surface area contributed by atoms with Crippen molar-refractivity contribution in [1.82, 2.24) is 5.32 Å². The van der Waals surface area contributed by atoms with Gasteiger partial charge in [-0.15, -0.1) is 0 Å². The molecule has 0 spiro atoms. The maximum Gasteiger partial charge on any atom is 0.246 e. The van der Waals surface area contributed by atoms with Gasteiger partial charge in [0.05, 0.1) is 0 Å². The molecule has 0 saturated carbocycles. The molecule has 2 rings (SSSR count). The quantitative estimate of drug-likeness (QED) is 0.906. The number of hydrogen-bond donors (Lipinski definition) is 2. The molecular weight excluding hydrogens is 264 g/mol. The number of carbonyl (C=O) groups is 2. The van der Waals surface area contributed by atoms with Crippen molar-refractivity contribution < 1.29 is 9.59 Å². The number of anilines is 1. The van der Waals surface area contributed by atoms with Gasteiger partial charge in [-0.3, -0.25) is 9.59 Å². The van der Waals surface area contributed by atoms with Crippen LogP contribution < -0.4 is 10.6 Å². The smallest absolute Gasteiger partial charge is 0.246 e. The van der Waals surface area contributed by atoms with Crippen molar-refractivity contribution in [2.24, 2.45) is 0 Å². The van der Waals surface area contributed by atoms with Crippen molar-refractivity contribution in [1.29, 1.82) is 0 Å². The zero-order valence-corrected chi connectivity index (χ0v) is 12.1. The minimum absolute atomic E-state index is 0.225. The predicted octanol–water partition coefficient (Wildman–Crippen LogP) is 2.82. The molecule has 2 aromatic carbocycles. The van der Waals surface area contributed by atoms with E-state index < -0.39 is 6.04 Å². The fourth-order valence-electron chi connectivity index (χ4n) is 2.00. The summed E-state index contributed by atoms with van der Waals surface area (Å²) in [5.74, 6) is -0.463. The van der Waals surface area contributed by atoms with Crippen LogP contribution in [0.3, 0.4) is 0 Å². The lowest BCUT2D eigenvalue weighted by molar-refractivity contribution is -0.124. The first kappa shape index (κ1) is 14.8. The second-order valence-corrected chi connectivity index (χ2v) is 4.85. The van der Waals surface area contributed by atoms with Gasteiger partial charge in [0.2, 0.25) is 11.8 Å². The summed E-state index contributed by atoms with van der Waals surface area (Å²) in [6.07, 6.45) is 0. The van der Waals surface area contributed by atoms with E-state index in [9.17, 15) is 9.59 Å². The molecule has 2 N–H and O–H groups in total. The fourth-order valence-corrected chi connectivity index (χ4v) is 2.00. The van der Waals surface area contributed by atoms with E-state index >= 15 is 0 Å². The average Bonchev–Trinajstić information content (AvgIpc) is 2.48. The molecule has 2 aromatic rings. The molecule has 0 fully saturated rings. The third kappa shape index (κ3) is 4.18. The first-order valence-corrected chi connectivity index (χ1v) is 6.79. The van der Waals surface area contributed by atoms with Crippen LogP contribution in [0.2, 0.25) is 0 Å². The standard InChI is InChI=1S/C17H18N2O2/c1-12(18-13(2)20)17(21)19-16-10-8-15(9-11-16)14-6-4-3-5-7-14/h3-12H,1-2H3,(H,18,20)(H,19,21). The lowest BCUT2D eigenvalue weighted by Crippen LogP contribution is -2.40. The third-order valence-electron chi connectivity index (χ3n) is 3.07. The van der Waals surface area contributed by atoms with Crippen molar-refractivity contribution in [2.45, 2.75) is 19.9 Å². The number of benzene rings is 2. The highest BCUT2D eigenvalue weighted by Gasteiger charge is 2.13. The largest absolute Gasteiger partial charge is 0.345 e. The fraction of sp³-hybridized carbons (Fsp3) is 0.176. The number of nitrogens with one attached hydrogen (secondary N) is 2. The van der Waals surface area contributed by atoms with Gasteiger partial charge in [-0.05, 0) is 30.2 Å². The summed E-state index contributed by atoms with van der Waals surface area (Å²) in [5, 5.41) is 5.32. The second kappa shape index (κ2) is 6.70. The van der Waals surface area contributed by atoms with Crippen molar-refractivity contribution >= 4 is 17.5 Å². The number of rotatable bonds is 4. The zero-order chi connectivity index (χ0) is 15.2. The van der Waals surface area contributed by atoms with Crippen LogP contribution in [0.4, 0.5) is 5.69 Å². The Kier molecular flexibility index (Phi) is 4.72. The molecule has 1 atom stereocenters. The maximum atomic E-state index is 11.9. The SMILES string of the molecule is CC(=O)NC(C)C(=O)Nc1ccc(-c2ccccc2)cc1. The van der Waals surface area contributed by atoms with E-state index in [2.05, 4.69) is 10.6 Å². The number of hydrogen-bond acceptors (Lipinski definition) is 2. The van der Waals surface area contributed by atoms with E-state index in [1.54, 1.807) is 6.92 Å². The van der Waals surface area contributed by atoms with Gasteiger partial charge in [-0.25, -0.2) is 0 Å². The molecule has 0 radical (unpaired) electrons. The van der Waals surface area contributed by atoms with Gasteiger partial charge in [-0.2, -0.15) is 0 Å². The molecule has 4 nitrogen and oxygen atoms in total. The highest BCUT2D eigenvalue weighted by Crippen LogP contribution is 2.20. The van der Waals surface area contributed by atoms with Gasteiger partial charge < -0.3 is 10.6 Å². The van der Waals surface area contributed by atoms with Crippen LogP contribution in [-0.4, -0.2) is 17.9 Å². The first-order chi connectivity index (χ1) is 10.1. The summed E-state index contributed by atoms with van der Waals surface area (Å²) in [7, 11) is 0. The van der Waals surface area contributed by atoms with Crippen LogP contribution in [0.15, 0.2) is 54.6 Å². The maximum absolute atomic E-state index is 11.9. The van der Waals surface area contributed by atoms with Crippen LogP contribution in [0.25, 0.3) is 11.1 Å². The minimum atomic E-state index is -0.559. The van der Waals surface area contributed by atoms with Gasteiger partial charge >= 0.3 is 0 Å². The Hall–Kier alpha value is -2.62. The predicted molar refractivity (Wildman–Crippen MR) is 83.8 cm³/mol. The summed E-state index contributed by atoms with van der Waals surface area (Å²) in [6, 6.07) is 17.1. The Morgan fingerprint density at radius 1 is 0.905 bits per heavy atom. The highest BCUT2D eigenvalue weighted by molar-refractivity contribution is 5.96. The van der Waals surface area contributed by atoms with Crippen molar-refractivity contribution in [3.05, 3.63) is 54.6 Å². The topological polar surface area (TPSA) is 58.2 Å². The van der Waals surface area contributed by atoms with Crippen LogP contribution in [0.5, 0.6) is 0 Å². The number of carbonyl (C=O) groups excluding carboxylic acids is 2. The molecule has 4 heteroatoms. The molecule has 0 aromatic heterocycles. The van der Waals surface area contributed by atoms with E-state index in [1.165, 1.54) is 6.92 Å². The monoisotopic (exact) mass is 282 g/mol. The summed E-state index contributed by atoms with van der Waals surface area (Å²) < 4.78 is 0. The molecule has 1 unspecified atom stereocenters. The van der Waals surface area contributed by atoms with Crippen LogP contribution in [0, 0.1) is 0 Å². The van der Waals surface area contributed by atoms with Crippen molar-refractivity contribution in [3.63, 3.8) is 0 Å². The summed E-state index contributed by atoms with van der Waals surface area (Å²) in [6.45, 7) is 3.04. The summed E-state index contributed by atoms with van der Waals surface area (Å²) in [4.78, 5) is 22.8. The Morgan fingerprint density at radius 3 is 2.05 bits per heavy atom. The zero-order valence-electron chi connectivity index (χ0n) is 12.1. The van der Waals surface area contributed by atoms with Gasteiger partial charge in [0, 0.05) is 12.6 Å².